The molecule has 0 fully saturated rings. The SMILES string of the molecule is COc1ncccc1C(=O)Nc1ccc(O)c(C(=O)O)c1. The first kappa shape index (κ1) is 14.3. The van der Waals surface area contributed by atoms with Crippen LogP contribution in [0.2, 0.25) is 0 Å². The van der Waals surface area contributed by atoms with Crippen molar-refractivity contribution in [3.8, 4) is 11.6 Å². The van der Waals surface area contributed by atoms with Gasteiger partial charge in [-0.3, -0.25) is 4.79 Å². The Balaban J connectivity index is 2.28. The van der Waals surface area contributed by atoms with Crippen molar-refractivity contribution in [3.63, 3.8) is 0 Å². The minimum Gasteiger partial charge on any atom is -0.507 e. The second-order valence-corrected chi connectivity index (χ2v) is 4.05. The smallest absolute Gasteiger partial charge is 0.339 e. The molecule has 0 atom stereocenters. The summed E-state index contributed by atoms with van der Waals surface area (Å²) in [5.74, 6) is -2.00. The quantitative estimate of drug-likeness (QED) is 0.739. The molecule has 0 radical (unpaired) electrons. The van der Waals surface area contributed by atoms with E-state index in [0.717, 1.165) is 0 Å². The van der Waals surface area contributed by atoms with Crippen LogP contribution >= 0.6 is 0 Å². The zero-order valence-electron chi connectivity index (χ0n) is 11.0. The molecule has 0 aliphatic carbocycles. The first-order chi connectivity index (χ1) is 10.0. The summed E-state index contributed by atoms with van der Waals surface area (Å²) in [7, 11) is 1.39. The number of carboxylic acid groups (broad SMARTS) is 1. The Morgan fingerprint density at radius 2 is 2.00 bits per heavy atom. The number of anilines is 1. The number of aromatic hydroxyl groups is 1. The zero-order valence-corrected chi connectivity index (χ0v) is 11.0. The summed E-state index contributed by atoms with van der Waals surface area (Å²) in [4.78, 5) is 26.9. The summed E-state index contributed by atoms with van der Waals surface area (Å²) < 4.78 is 4.98. The number of benzene rings is 1. The van der Waals surface area contributed by atoms with Crippen molar-refractivity contribution in [1.29, 1.82) is 0 Å². The number of carboxylic acids is 1. The molecule has 21 heavy (non-hydrogen) atoms. The fourth-order valence-corrected chi connectivity index (χ4v) is 1.71. The van der Waals surface area contributed by atoms with Gasteiger partial charge in [0.05, 0.1) is 7.11 Å². The van der Waals surface area contributed by atoms with Gasteiger partial charge < -0.3 is 20.3 Å². The standard InChI is InChI=1S/C14H12N2O5/c1-21-13-9(3-2-6-15-13)12(18)16-8-4-5-11(17)10(7-8)14(19)20/h2-7,17H,1H3,(H,16,18)(H,19,20). The van der Waals surface area contributed by atoms with Crippen molar-refractivity contribution >= 4 is 17.6 Å². The normalized spacial score (nSPS) is 9.95. The molecule has 0 aliphatic rings. The molecule has 2 aromatic rings. The molecule has 0 saturated heterocycles. The number of nitrogens with one attached hydrogen (secondary N) is 1. The molecule has 0 aliphatic heterocycles. The van der Waals surface area contributed by atoms with Gasteiger partial charge in [-0.2, -0.15) is 0 Å². The summed E-state index contributed by atoms with van der Waals surface area (Å²) in [5.41, 5.74) is 0.150. The summed E-state index contributed by atoms with van der Waals surface area (Å²) >= 11 is 0. The van der Waals surface area contributed by atoms with Crippen molar-refractivity contribution in [3.05, 3.63) is 47.7 Å². The van der Waals surface area contributed by atoms with Gasteiger partial charge in [-0.25, -0.2) is 9.78 Å². The fourth-order valence-electron chi connectivity index (χ4n) is 1.71. The van der Waals surface area contributed by atoms with E-state index in [-0.39, 0.29) is 28.4 Å². The lowest BCUT2D eigenvalue weighted by Crippen LogP contribution is -2.14. The number of carbonyl (C=O) groups is 2. The van der Waals surface area contributed by atoms with Crippen LogP contribution in [0.15, 0.2) is 36.5 Å². The van der Waals surface area contributed by atoms with Crippen LogP contribution in [-0.4, -0.2) is 34.2 Å². The second-order valence-electron chi connectivity index (χ2n) is 4.05. The first-order valence-corrected chi connectivity index (χ1v) is 5.89. The maximum Gasteiger partial charge on any atom is 0.339 e. The highest BCUT2D eigenvalue weighted by Gasteiger charge is 2.15. The average molecular weight is 288 g/mol. The van der Waals surface area contributed by atoms with E-state index in [4.69, 9.17) is 9.84 Å². The highest BCUT2D eigenvalue weighted by Crippen LogP contribution is 2.22. The van der Waals surface area contributed by atoms with Gasteiger partial charge >= 0.3 is 5.97 Å². The summed E-state index contributed by atoms with van der Waals surface area (Å²) in [6.07, 6.45) is 1.48. The number of phenols is 1. The Morgan fingerprint density at radius 1 is 1.24 bits per heavy atom. The van der Waals surface area contributed by atoms with Crippen LogP contribution < -0.4 is 10.1 Å². The van der Waals surface area contributed by atoms with Gasteiger partial charge in [0.2, 0.25) is 5.88 Å². The molecule has 1 amide bonds. The van der Waals surface area contributed by atoms with Crippen LogP contribution in [0.5, 0.6) is 11.6 Å². The van der Waals surface area contributed by atoms with E-state index >= 15 is 0 Å². The van der Waals surface area contributed by atoms with Crippen molar-refractivity contribution < 1.29 is 24.5 Å². The molecule has 1 heterocycles. The van der Waals surface area contributed by atoms with Gasteiger partial charge in [-0.15, -0.1) is 0 Å². The van der Waals surface area contributed by atoms with Crippen molar-refractivity contribution in [2.75, 3.05) is 12.4 Å². The number of amides is 1. The maximum absolute atomic E-state index is 12.1. The van der Waals surface area contributed by atoms with Gasteiger partial charge in [0.25, 0.3) is 5.91 Å². The topological polar surface area (TPSA) is 109 Å². The summed E-state index contributed by atoms with van der Waals surface area (Å²) in [5, 5.41) is 20.9. The maximum atomic E-state index is 12.1. The van der Waals surface area contributed by atoms with Crippen LogP contribution in [0.4, 0.5) is 5.69 Å². The number of hydrogen-bond donors (Lipinski definition) is 3. The molecule has 0 unspecified atom stereocenters. The third-order valence-corrected chi connectivity index (χ3v) is 2.69. The Kier molecular flexibility index (Phi) is 4.03. The number of hydrogen-bond acceptors (Lipinski definition) is 5. The number of carbonyl (C=O) groups excluding carboxylic acids is 1. The minimum absolute atomic E-state index is 0.159. The van der Waals surface area contributed by atoms with E-state index in [1.54, 1.807) is 6.07 Å². The van der Waals surface area contributed by atoms with E-state index in [1.165, 1.54) is 37.6 Å². The zero-order chi connectivity index (χ0) is 15.4. The van der Waals surface area contributed by atoms with Crippen molar-refractivity contribution in [2.45, 2.75) is 0 Å². The van der Waals surface area contributed by atoms with Crippen LogP contribution in [0.25, 0.3) is 0 Å². The van der Waals surface area contributed by atoms with Gasteiger partial charge in [0.1, 0.15) is 16.9 Å². The molecule has 0 spiro atoms. The van der Waals surface area contributed by atoms with E-state index in [2.05, 4.69) is 10.3 Å². The van der Waals surface area contributed by atoms with Gasteiger partial charge in [-0.1, -0.05) is 0 Å². The molecule has 0 saturated carbocycles. The minimum atomic E-state index is -1.29. The van der Waals surface area contributed by atoms with Gasteiger partial charge in [0, 0.05) is 11.9 Å². The predicted molar refractivity (Wildman–Crippen MR) is 73.8 cm³/mol. The van der Waals surface area contributed by atoms with Crippen molar-refractivity contribution in [1.82, 2.24) is 4.98 Å². The van der Waals surface area contributed by atoms with Crippen LogP contribution in [0, 0.1) is 0 Å². The van der Waals surface area contributed by atoms with Crippen LogP contribution in [0.3, 0.4) is 0 Å². The Hall–Kier alpha value is -3.09. The predicted octanol–water partition coefficient (Wildman–Crippen LogP) is 1.75. The molecule has 108 valence electrons. The number of aromatic nitrogens is 1. The number of nitrogens with zero attached hydrogens (tertiary/aromatic N) is 1. The van der Waals surface area contributed by atoms with Crippen LogP contribution in [0.1, 0.15) is 20.7 Å². The Bertz CT molecular complexity index is 700. The Labute approximate surface area is 119 Å². The molecule has 7 nitrogen and oxygen atoms in total. The third-order valence-electron chi connectivity index (χ3n) is 2.69. The van der Waals surface area contributed by atoms with Gasteiger partial charge in [0.15, 0.2) is 0 Å². The largest absolute Gasteiger partial charge is 0.507 e. The van der Waals surface area contributed by atoms with E-state index in [0.29, 0.717) is 0 Å². The molecule has 7 heteroatoms. The molecule has 0 bridgehead atoms. The highest BCUT2D eigenvalue weighted by molar-refractivity contribution is 6.06. The number of aromatic carboxylic acids is 1. The van der Waals surface area contributed by atoms with Crippen LogP contribution in [-0.2, 0) is 0 Å². The number of ether oxygens (including phenoxy) is 1. The van der Waals surface area contributed by atoms with E-state index in [1.807, 2.05) is 0 Å². The monoisotopic (exact) mass is 288 g/mol. The third kappa shape index (κ3) is 3.08. The molecule has 1 aromatic heterocycles. The van der Waals surface area contributed by atoms with Crippen molar-refractivity contribution in [2.24, 2.45) is 0 Å². The average Bonchev–Trinajstić information content (AvgIpc) is 2.48. The molecule has 3 N–H and O–H groups in total. The highest BCUT2D eigenvalue weighted by atomic mass is 16.5. The lowest BCUT2D eigenvalue weighted by molar-refractivity contribution is 0.0693. The van der Waals surface area contributed by atoms with Gasteiger partial charge in [-0.05, 0) is 30.3 Å². The molecular formula is C14H12N2O5. The lowest BCUT2D eigenvalue weighted by atomic mass is 10.1. The summed E-state index contributed by atoms with van der Waals surface area (Å²) in [6.45, 7) is 0. The number of pyridine rings is 1. The second kappa shape index (κ2) is 5.91. The number of methoxy groups -OCH3 is 1. The first-order valence-electron chi connectivity index (χ1n) is 5.89. The number of rotatable bonds is 4. The van der Waals surface area contributed by atoms with E-state index in [9.17, 15) is 14.7 Å². The van der Waals surface area contributed by atoms with E-state index < -0.39 is 11.9 Å². The molecular weight excluding hydrogens is 276 g/mol. The molecule has 1 aromatic carbocycles. The summed E-state index contributed by atoms with van der Waals surface area (Å²) in [6, 6.07) is 6.86. The lowest BCUT2D eigenvalue weighted by Gasteiger charge is -2.09. The fraction of sp³-hybridized carbons (Fsp3) is 0.0714. The molecule has 2 rings (SSSR count). The Morgan fingerprint density at radius 3 is 2.67 bits per heavy atom.